The van der Waals surface area contributed by atoms with Crippen molar-refractivity contribution < 1.29 is 19.1 Å². The maximum Gasteiger partial charge on any atom is 0.314 e. The quantitative estimate of drug-likeness (QED) is 0.368. The molecule has 10 heteroatoms. The van der Waals surface area contributed by atoms with Crippen molar-refractivity contribution in [3.05, 3.63) is 28.5 Å². The molecule has 4 N–H and O–H groups in total. The summed E-state index contributed by atoms with van der Waals surface area (Å²) < 4.78 is 6.24. The summed E-state index contributed by atoms with van der Waals surface area (Å²) in [5, 5.41) is 11.3. The van der Waals surface area contributed by atoms with Crippen LogP contribution >= 0.6 is 15.9 Å². The third-order valence-electron chi connectivity index (χ3n) is 5.03. The summed E-state index contributed by atoms with van der Waals surface area (Å²) in [6.07, 6.45) is 3.46. The van der Waals surface area contributed by atoms with Gasteiger partial charge in [-0.3, -0.25) is 9.59 Å². The summed E-state index contributed by atoms with van der Waals surface area (Å²) >= 11 is 3.26. The first-order valence-electron chi connectivity index (χ1n) is 9.32. The van der Waals surface area contributed by atoms with E-state index in [4.69, 9.17) is 4.74 Å². The molecule has 2 aliphatic heterocycles. The summed E-state index contributed by atoms with van der Waals surface area (Å²) in [5.74, 6) is -0.453. The minimum atomic E-state index is -0.389. The number of rotatable bonds is 6. The van der Waals surface area contributed by atoms with Gasteiger partial charge < -0.3 is 26.0 Å². The van der Waals surface area contributed by atoms with E-state index >= 15 is 0 Å². The van der Waals surface area contributed by atoms with E-state index in [2.05, 4.69) is 42.2 Å². The van der Waals surface area contributed by atoms with Gasteiger partial charge in [-0.25, -0.2) is 9.78 Å². The number of hydrogen-bond acceptors (Lipinski definition) is 6. The molecule has 1 atom stereocenters. The number of aromatic nitrogens is 1. The van der Waals surface area contributed by atoms with Crippen molar-refractivity contribution in [3.8, 4) is 0 Å². The molecule has 1 aromatic rings. The molecule has 9 nitrogen and oxygen atoms in total. The zero-order valence-electron chi connectivity index (χ0n) is 15.4. The molecule has 2 aliphatic rings. The van der Waals surface area contributed by atoms with Crippen LogP contribution in [0.25, 0.3) is 0 Å². The molecule has 0 bridgehead atoms. The molecule has 0 saturated carbocycles. The summed E-state index contributed by atoms with van der Waals surface area (Å²) in [6, 6.07) is 2.98. The molecule has 3 rings (SSSR count). The number of nitrogens with one attached hydrogen (secondary N) is 4. The number of piperidine rings is 1. The van der Waals surface area contributed by atoms with E-state index in [0.717, 1.165) is 30.4 Å². The zero-order valence-corrected chi connectivity index (χ0v) is 17.0. The minimum Gasteiger partial charge on any atom is -0.460 e. The van der Waals surface area contributed by atoms with Crippen LogP contribution in [0.15, 0.2) is 22.8 Å². The number of ether oxygens (including phenoxy) is 1. The van der Waals surface area contributed by atoms with Gasteiger partial charge in [0, 0.05) is 30.2 Å². The topological polar surface area (TPSA) is 121 Å². The lowest BCUT2D eigenvalue weighted by Crippen LogP contribution is -2.43. The van der Waals surface area contributed by atoms with Gasteiger partial charge in [0.05, 0.1) is 12.0 Å². The second kappa shape index (κ2) is 9.33. The van der Waals surface area contributed by atoms with E-state index in [0.29, 0.717) is 12.1 Å². The predicted octanol–water partition coefficient (Wildman–Crippen LogP) is 0.558. The van der Waals surface area contributed by atoms with Gasteiger partial charge in [0.1, 0.15) is 11.8 Å². The first-order valence-corrected chi connectivity index (χ1v) is 10.1. The van der Waals surface area contributed by atoms with Crippen molar-refractivity contribution in [2.75, 3.05) is 32.7 Å². The van der Waals surface area contributed by atoms with E-state index in [1.54, 1.807) is 18.3 Å². The Labute approximate surface area is 171 Å². The third-order valence-corrected chi connectivity index (χ3v) is 5.50. The molecular formula is C18H24BrN5O4. The number of pyridine rings is 1. The highest BCUT2D eigenvalue weighted by Crippen LogP contribution is 2.41. The van der Waals surface area contributed by atoms with Crippen LogP contribution < -0.4 is 21.3 Å². The number of urea groups is 1. The highest BCUT2D eigenvalue weighted by Gasteiger charge is 2.49. The molecule has 1 spiro atoms. The monoisotopic (exact) mass is 453 g/mol. The van der Waals surface area contributed by atoms with Crippen LogP contribution in [0.3, 0.4) is 0 Å². The first-order chi connectivity index (χ1) is 13.5. The van der Waals surface area contributed by atoms with Crippen molar-refractivity contribution in [1.82, 2.24) is 26.3 Å². The van der Waals surface area contributed by atoms with E-state index in [-0.39, 0.29) is 49.1 Å². The summed E-state index contributed by atoms with van der Waals surface area (Å²) in [7, 11) is 0. The van der Waals surface area contributed by atoms with Gasteiger partial charge in [0.15, 0.2) is 0 Å². The Bertz CT molecular complexity index is 721. The Balaban J connectivity index is 1.31. The second-order valence-electron chi connectivity index (χ2n) is 7.02. The Morgan fingerprint density at radius 3 is 2.68 bits per heavy atom. The van der Waals surface area contributed by atoms with Gasteiger partial charge in [-0.1, -0.05) is 0 Å². The van der Waals surface area contributed by atoms with Crippen molar-refractivity contribution >= 4 is 33.8 Å². The molecule has 0 radical (unpaired) electrons. The molecule has 152 valence electrons. The lowest BCUT2D eigenvalue weighted by Gasteiger charge is -2.29. The van der Waals surface area contributed by atoms with Gasteiger partial charge in [0.2, 0.25) is 0 Å². The highest BCUT2D eigenvalue weighted by molar-refractivity contribution is 9.10. The number of cyclic esters (lactones) is 1. The smallest absolute Gasteiger partial charge is 0.314 e. The van der Waals surface area contributed by atoms with Crippen LogP contribution in [0.1, 0.15) is 29.8 Å². The van der Waals surface area contributed by atoms with E-state index in [9.17, 15) is 14.4 Å². The summed E-state index contributed by atoms with van der Waals surface area (Å²) in [5.41, 5.74) is -0.0816. The SMILES string of the molecule is O=C(NCCNC(=O)c1ccc(Br)cn1)NCC1CC2(CCNCC2)C(=O)O1. The first kappa shape index (κ1) is 20.5. The lowest BCUT2D eigenvalue weighted by molar-refractivity contribution is -0.149. The van der Waals surface area contributed by atoms with Gasteiger partial charge in [-0.2, -0.15) is 0 Å². The Morgan fingerprint density at radius 2 is 1.96 bits per heavy atom. The maximum absolute atomic E-state index is 12.2. The van der Waals surface area contributed by atoms with Crippen LogP contribution in [-0.2, 0) is 9.53 Å². The van der Waals surface area contributed by atoms with E-state index < -0.39 is 0 Å². The van der Waals surface area contributed by atoms with Crippen molar-refractivity contribution in [1.29, 1.82) is 0 Å². The summed E-state index contributed by atoms with van der Waals surface area (Å²) in [6.45, 7) is 2.46. The molecule has 28 heavy (non-hydrogen) atoms. The second-order valence-corrected chi connectivity index (χ2v) is 7.93. The van der Waals surface area contributed by atoms with Crippen LogP contribution in [-0.4, -0.2) is 61.7 Å². The molecule has 2 fully saturated rings. The molecule has 2 saturated heterocycles. The van der Waals surface area contributed by atoms with Crippen LogP contribution in [0, 0.1) is 5.41 Å². The predicted molar refractivity (Wildman–Crippen MR) is 105 cm³/mol. The highest BCUT2D eigenvalue weighted by atomic mass is 79.9. The van der Waals surface area contributed by atoms with E-state index in [1.807, 2.05) is 0 Å². The number of carbonyl (C=O) groups is 3. The zero-order chi connectivity index (χ0) is 20.0. The lowest BCUT2D eigenvalue weighted by atomic mass is 9.76. The average Bonchev–Trinajstić information content (AvgIpc) is 2.99. The molecule has 3 heterocycles. The third kappa shape index (κ3) is 5.20. The van der Waals surface area contributed by atoms with Gasteiger partial charge >= 0.3 is 12.0 Å². The standard InChI is InChI=1S/C18H24BrN5O4/c19-12-1-2-14(23-10-12)15(25)21-7-8-22-17(27)24-11-13-9-18(16(26)28-13)3-5-20-6-4-18/h1-2,10,13,20H,3-9,11H2,(H,21,25)(H2,22,24,27). The molecule has 3 amide bonds. The van der Waals surface area contributed by atoms with Crippen LogP contribution in [0.2, 0.25) is 0 Å². The average molecular weight is 454 g/mol. The Hall–Kier alpha value is -2.20. The van der Waals surface area contributed by atoms with E-state index in [1.165, 1.54) is 0 Å². The fourth-order valence-electron chi connectivity index (χ4n) is 3.49. The number of esters is 1. The number of nitrogens with zero attached hydrogens (tertiary/aromatic N) is 1. The van der Waals surface area contributed by atoms with Crippen LogP contribution in [0.4, 0.5) is 4.79 Å². The van der Waals surface area contributed by atoms with Crippen molar-refractivity contribution in [2.45, 2.75) is 25.4 Å². The van der Waals surface area contributed by atoms with Gasteiger partial charge in [0.25, 0.3) is 5.91 Å². The summed E-state index contributed by atoms with van der Waals surface area (Å²) in [4.78, 5) is 40.0. The maximum atomic E-state index is 12.2. The van der Waals surface area contributed by atoms with Crippen molar-refractivity contribution in [2.24, 2.45) is 5.41 Å². The fraction of sp³-hybridized carbons (Fsp3) is 0.556. The van der Waals surface area contributed by atoms with Crippen LogP contribution in [0.5, 0.6) is 0 Å². The number of hydrogen-bond donors (Lipinski definition) is 4. The molecule has 1 aromatic heterocycles. The normalized spacial score (nSPS) is 20.5. The molecular weight excluding hydrogens is 430 g/mol. The Kier molecular flexibility index (Phi) is 6.84. The largest absolute Gasteiger partial charge is 0.460 e. The van der Waals surface area contributed by atoms with Gasteiger partial charge in [-0.15, -0.1) is 0 Å². The van der Waals surface area contributed by atoms with Gasteiger partial charge in [-0.05, 0) is 54.0 Å². The van der Waals surface area contributed by atoms with Crippen molar-refractivity contribution in [3.63, 3.8) is 0 Å². The minimum absolute atomic E-state index is 0.148. The number of carbonyl (C=O) groups excluding carboxylic acids is 3. The molecule has 1 unspecified atom stereocenters. The molecule has 0 aliphatic carbocycles. The number of halogens is 1. The fourth-order valence-corrected chi connectivity index (χ4v) is 3.72. The Morgan fingerprint density at radius 1 is 1.21 bits per heavy atom. The molecule has 0 aromatic carbocycles. The number of amides is 3.